The van der Waals surface area contributed by atoms with Gasteiger partial charge in [-0.25, -0.2) is 9.59 Å². The van der Waals surface area contributed by atoms with Crippen molar-refractivity contribution in [2.45, 2.75) is 49.4 Å². The molecule has 0 unspecified atom stereocenters. The van der Waals surface area contributed by atoms with Gasteiger partial charge in [-0.15, -0.1) is 11.6 Å². The first-order valence-electron chi connectivity index (χ1n) is 10.5. The van der Waals surface area contributed by atoms with Gasteiger partial charge in [0.1, 0.15) is 24.1 Å². The zero-order valence-corrected chi connectivity index (χ0v) is 18.5. The van der Waals surface area contributed by atoms with Gasteiger partial charge in [0.25, 0.3) is 0 Å². The Bertz CT molecular complexity index is 1000. The molecule has 1 spiro atoms. The molecule has 32 heavy (non-hydrogen) atoms. The van der Waals surface area contributed by atoms with Crippen molar-refractivity contribution in [2.24, 2.45) is 0 Å². The van der Waals surface area contributed by atoms with Crippen LogP contribution >= 0.6 is 11.6 Å². The summed E-state index contributed by atoms with van der Waals surface area (Å²) in [5.74, 6) is -1.35. The number of esters is 1. The average molecular weight is 464 g/mol. The number of anilines is 1. The molecule has 0 bridgehead atoms. The van der Waals surface area contributed by atoms with E-state index >= 15 is 0 Å². The smallest absolute Gasteiger partial charge is 0.351 e. The highest BCUT2D eigenvalue weighted by molar-refractivity contribution is 6.18. The Kier molecular flexibility index (Phi) is 6.52. The number of carbonyl (C=O) groups is 1. The number of carbonyl (C=O) groups excluding carboxylic acids is 1. The third kappa shape index (κ3) is 4.25. The fraction of sp³-hybridized carbons (Fsp3) is 0.500. The molecule has 10 heteroatoms. The van der Waals surface area contributed by atoms with Crippen LogP contribution in [0.5, 0.6) is 0 Å². The van der Waals surface area contributed by atoms with Gasteiger partial charge in [-0.1, -0.05) is 18.2 Å². The van der Waals surface area contributed by atoms with Crippen LogP contribution in [-0.4, -0.2) is 52.6 Å². The molecule has 9 nitrogen and oxygen atoms in total. The summed E-state index contributed by atoms with van der Waals surface area (Å²) in [5, 5.41) is 0. The van der Waals surface area contributed by atoms with Crippen molar-refractivity contribution >= 4 is 23.4 Å². The maximum absolute atomic E-state index is 12.6. The second-order valence-corrected chi connectivity index (χ2v) is 8.32. The summed E-state index contributed by atoms with van der Waals surface area (Å²) in [5.41, 5.74) is 4.19. The van der Waals surface area contributed by atoms with Crippen LogP contribution in [0.15, 0.2) is 47.4 Å². The molecule has 1 saturated heterocycles. The van der Waals surface area contributed by atoms with Gasteiger partial charge in [-0.05, 0) is 31.0 Å². The number of methoxy groups -OCH3 is 1. The van der Waals surface area contributed by atoms with Gasteiger partial charge in [0.15, 0.2) is 12.0 Å². The van der Waals surface area contributed by atoms with Gasteiger partial charge >= 0.3 is 11.7 Å². The van der Waals surface area contributed by atoms with E-state index in [9.17, 15) is 9.59 Å². The predicted octanol–water partition coefficient (Wildman–Crippen LogP) is 2.49. The van der Waals surface area contributed by atoms with Crippen molar-refractivity contribution in [3.63, 3.8) is 0 Å². The highest BCUT2D eigenvalue weighted by Gasteiger charge is 2.58. The van der Waals surface area contributed by atoms with Crippen molar-refractivity contribution in [1.82, 2.24) is 9.55 Å². The average Bonchev–Trinajstić information content (AvgIpc) is 3.42. The first kappa shape index (κ1) is 22.7. The number of halogens is 1. The quantitative estimate of drug-likeness (QED) is 0.492. The second kappa shape index (κ2) is 9.19. The van der Waals surface area contributed by atoms with E-state index in [2.05, 4.69) is 4.98 Å². The van der Waals surface area contributed by atoms with Crippen LogP contribution in [0.3, 0.4) is 0 Å². The number of alkyl halides is 1. The summed E-state index contributed by atoms with van der Waals surface area (Å²) in [4.78, 5) is 29.0. The summed E-state index contributed by atoms with van der Waals surface area (Å²) in [6.07, 6.45) is 2.98. The van der Waals surface area contributed by atoms with E-state index in [0.717, 1.165) is 12.8 Å². The lowest BCUT2D eigenvalue weighted by Gasteiger charge is -2.37. The van der Waals surface area contributed by atoms with Crippen molar-refractivity contribution in [2.75, 3.05) is 25.3 Å². The molecule has 1 aliphatic carbocycles. The third-order valence-electron chi connectivity index (χ3n) is 6.04. The highest BCUT2D eigenvalue weighted by Crippen LogP contribution is 2.48. The molecule has 172 valence electrons. The Morgan fingerprint density at radius 3 is 2.62 bits per heavy atom. The van der Waals surface area contributed by atoms with Crippen molar-refractivity contribution in [3.05, 3.63) is 58.6 Å². The molecule has 2 heterocycles. The molecule has 2 aliphatic rings. The number of nitrogens with two attached hydrogens (primary N) is 1. The molecule has 0 radical (unpaired) electrons. The monoisotopic (exact) mass is 463 g/mol. The summed E-state index contributed by atoms with van der Waals surface area (Å²) in [7, 11) is 1.46. The van der Waals surface area contributed by atoms with Gasteiger partial charge in [0.05, 0.1) is 11.4 Å². The third-order valence-corrected chi connectivity index (χ3v) is 6.49. The maximum atomic E-state index is 12.6. The molecule has 4 rings (SSSR count). The standard InChI is InChI=1S/C22H26ClN3O6/c1-29-21(13-23,14-30-19(27)15-7-3-2-4-8-15)17-18(26-12-9-16(24)25-20(26)28)32-22(31-17)10-5-6-11-22/h2-4,7-9,12,17-18H,5-6,10-11,13-14H2,1H3,(H2,24,25,28)/t17-,18+,21+/m0/s1. The zero-order chi connectivity index (χ0) is 22.8. The van der Waals surface area contributed by atoms with E-state index in [1.165, 1.54) is 23.9 Å². The Morgan fingerprint density at radius 1 is 1.28 bits per heavy atom. The minimum Gasteiger partial charge on any atom is -0.459 e. The number of hydrogen-bond donors (Lipinski definition) is 1. The van der Waals surface area contributed by atoms with Crippen LogP contribution in [0.1, 0.15) is 42.3 Å². The van der Waals surface area contributed by atoms with E-state index in [4.69, 9.17) is 36.3 Å². The molecule has 2 fully saturated rings. The van der Waals surface area contributed by atoms with Crippen molar-refractivity contribution in [1.29, 1.82) is 0 Å². The molecule has 2 aromatic rings. The van der Waals surface area contributed by atoms with Crippen LogP contribution in [0.2, 0.25) is 0 Å². The van der Waals surface area contributed by atoms with E-state index < -0.39 is 35.4 Å². The Balaban J connectivity index is 1.65. The molecule has 1 aliphatic heterocycles. The lowest BCUT2D eigenvalue weighted by Crippen LogP contribution is -2.54. The number of aromatic nitrogens is 2. The first-order chi connectivity index (χ1) is 15.4. The van der Waals surface area contributed by atoms with Crippen molar-refractivity contribution in [3.8, 4) is 0 Å². The fourth-order valence-electron chi connectivity index (χ4n) is 4.21. The minimum atomic E-state index is -1.27. The Hall–Kier alpha value is -2.46. The Morgan fingerprint density at radius 2 is 2.00 bits per heavy atom. The molecular weight excluding hydrogens is 438 g/mol. The minimum absolute atomic E-state index is 0.0661. The predicted molar refractivity (Wildman–Crippen MR) is 116 cm³/mol. The van der Waals surface area contributed by atoms with E-state index in [1.807, 2.05) is 6.07 Å². The van der Waals surface area contributed by atoms with E-state index in [-0.39, 0.29) is 18.3 Å². The van der Waals surface area contributed by atoms with Gasteiger partial charge in [0, 0.05) is 26.1 Å². The Labute approximate surface area is 190 Å². The van der Waals surface area contributed by atoms with Crippen LogP contribution in [0.25, 0.3) is 0 Å². The lowest BCUT2D eigenvalue weighted by molar-refractivity contribution is -0.196. The number of nitrogen functional groups attached to an aromatic ring is 1. The first-order valence-corrected chi connectivity index (χ1v) is 11.0. The van der Waals surface area contributed by atoms with Gasteiger partial charge in [-0.2, -0.15) is 4.98 Å². The number of hydrogen-bond acceptors (Lipinski definition) is 8. The number of benzene rings is 1. The second-order valence-electron chi connectivity index (χ2n) is 8.05. The van der Waals surface area contributed by atoms with Gasteiger partial charge in [0.2, 0.25) is 0 Å². The SMILES string of the molecule is CO[C@](CCl)(COC(=O)c1ccccc1)[C@H]1OC2(CCCC2)O[C@H]1n1ccc(N)nc1=O. The number of ether oxygens (including phenoxy) is 4. The van der Waals surface area contributed by atoms with Crippen LogP contribution in [-0.2, 0) is 18.9 Å². The molecule has 1 aromatic carbocycles. The molecule has 1 saturated carbocycles. The summed E-state index contributed by atoms with van der Waals surface area (Å²) >= 11 is 6.37. The van der Waals surface area contributed by atoms with Crippen LogP contribution in [0, 0.1) is 0 Å². The lowest BCUT2D eigenvalue weighted by atomic mass is 9.97. The van der Waals surface area contributed by atoms with E-state index in [1.54, 1.807) is 24.3 Å². The van der Waals surface area contributed by atoms with E-state index in [0.29, 0.717) is 18.4 Å². The van der Waals surface area contributed by atoms with Crippen LogP contribution in [0.4, 0.5) is 5.82 Å². The van der Waals surface area contributed by atoms with Gasteiger partial charge in [-0.3, -0.25) is 4.57 Å². The van der Waals surface area contributed by atoms with Gasteiger partial charge < -0.3 is 24.7 Å². The molecule has 1 aromatic heterocycles. The molecule has 0 amide bonds. The highest BCUT2D eigenvalue weighted by atomic mass is 35.5. The fourth-order valence-corrected chi connectivity index (χ4v) is 4.55. The molecule has 3 atom stereocenters. The van der Waals surface area contributed by atoms with Crippen LogP contribution < -0.4 is 11.4 Å². The molecular formula is C22H26ClN3O6. The normalized spacial score (nSPS) is 23.8. The molecule has 2 N–H and O–H groups in total. The van der Waals surface area contributed by atoms with Crippen molar-refractivity contribution < 1.29 is 23.7 Å². The summed E-state index contributed by atoms with van der Waals surface area (Å²) < 4.78 is 25.4. The zero-order valence-electron chi connectivity index (χ0n) is 17.7. The topological polar surface area (TPSA) is 115 Å². The number of nitrogens with zero attached hydrogens (tertiary/aromatic N) is 2. The maximum Gasteiger partial charge on any atom is 0.351 e. The number of rotatable bonds is 7. The summed E-state index contributed by atoms with van der Waals surface area (Å²) in [6, 6.07) is 10.1. The largest absolute Gasteiger partial charge is 0.459 e. The summed E-state index contributed by atoms with van der Waals surface area (Å²) in [6.45, 7) is -0.196.